The van der Waals surface area contributed by atoms with E-state index in [0.29, 0.717) is 6.04 Å². The van der Waals surface area contributed by atoms with Crippen molar-refractivity contribution in [1.82, 2.24) is 5.32 Å². The van der Waals surface area contributed by atoms with E-state index < -0.39 is 0 Å². The maximum atomic E-state index is 5.68. The average molecular weight is 183 g/mol. The van der Waals surface area contributed by atoms with Gasteiger partial charge >= 0.3 is 0 Å². The van der Waals surface area contributed by atoms with Crippen LogP contribution in [0.15, 0.2) is 16.8 Å². The van der Waals surface area contributed by atoms with Gasteiger partial charge in [-0.05, 0) is 29.3 Å². The third-order valence-corrected chi connectivity index (χ3v) is 2.82. The van der Waals surface area contributed by atoms with Gasteiger partial charge in [-0.15, -0.1) is 0 Å². The van der Waals surface area contributed by atoms with Crippen LogP contribution in [-0.4, -0.2) is 19.2 Å². The van der Waals surface area contributed by atoms with Crippen LogP contribution in [0.2, 0.25) is 0 Å². The number of rotatable bonds is 1. The first-order valence-corrected chi connectivity index (χ1v) is 5.17. The van der Waals surface area contributed by atoms with Crippen molar-refractivity contribution in [3.63, 3.8) is 0 Å². The van der Waals surface area contributed by atoms with Crippen molar-refractivity contribution < 1.29 is 4.74 Å². The highest BCUT2D eigenvalue weighted by atomic mass is 32.1. The highest BCUT2D eigenvalue weighted by Crippen LogP contribution is 2.21. The van der Waals surface area contributed by atoms with Gasteiger partial charge in [0.2, 0.25) is 0 Å². The molecule has 66 valence electrons. The second-order valence-electron chi connectivity index (χ2n) is 3.19. The summed E-state index contributed by atoms with van der Waals surface area (Å²) < 4.78 is 5.68. The smallest absolute Gasteiger partial charge is 0.0958 e. The summed E-state index contributed by atoms with van der Waals surface area (Å²) in [6.45, 7) is 3.91. The van der Waals surface area contributed by atoms with Gasteiger partial charge in [-0.2, -0.15) is 11.3 Å². The zero-order chi connectivity index (χ0) is 8.39. The monoisotopic (exact) mass is 183 g/mol. The molecular formula is C9H13NOS. The molecule has 1 saturated heterocycles. The summed E-state index contributed by atoms with van der Waals surface area (Å²) >= 11 is 1.73. The summed E-state index contributed by atoms with van der Waals surface area (Å²) in [5, 5.41) is 7.65. The van der Waals surface area contributed by atoms with Crippen molar-refractivity contribution >= 4 is 11.3 Å². The van der Waals surface area contributed by atoms with E-state index in [9.17, 15) is 0 Å². The van der Waals surface area contributed by atoms with Gasteiger partial charge in [0.15, 0.2) is 0 Å². The molecule has 12 heavy (non-hydrogen) atoms. The summed E-state index contributed by atoms with van der Waals surface area (Å²) in [6, 6.07) is 2.63. The molecule has 1 fully saturated rings. The molecule has 0 amide bonds. The Balaban J connectivity index is 1.99. The Bertz CT molecular complexity index is 227. The van der Waals surface area contributed by atoms with Crippen LogP contribution in [0, 0.1) is 0 Å². The van der Waals surface area contributed by atoms with Crippen LogP contribution in [0.5, 0.6) is 0 Å². The fourth-order valence-electron chi connectivity index (χ4n) is 1.36. The highest BCUT2D eigenvalue weighted by molar-refractivity contribution is 7.07. The summed E-state index contributed by atoms with van der Waals surface area (Å²) in [6.07, 6.45) is 0.271. The van der Waals surface area contributed by atoms with E-state index in [1.165, 1.54) is 5.56 Å². The molecule has 0 spiro atoms. The molecule has 0 aliphatic carbocycles. The van der Waals surface area contributed by atoms with Crippen LogP contribution in [0.3, 0.4) is 0 Å². The second-order valence-corrected chi connectivity index (χ2v) is 3.97. The zero-order valence-corrected chi connectivity index (χ0v) is 7.93. The van der Waals surface area contributed by atoms with Crippen molar-refractivity contribution in [1.29, 1.82) is 0 Å². The molecule has 1 aromatic heterocycles. The SMILES string of the molecule is CC1COC(c2ccsc2)CN1. The first kappa shape index (κ1) is 8.23. The molecule has 0 radical (unpaired) electrons. The molecule has 3 heteroatoms. The molecule has 2 heterocycles. The number of hydrogen-bond donors (Lipinski definition) is 1. The normalized spacial score (nSPS) is 30.4. The zero-order valence-electron chi connectivity index (χ0n) is 7.12. The molecule has 1 aromatic rings. The van der Waals surface area contributed by atoms with E-state index in [1.54, 1.807) is 11.3 Å². The van der Waals surface area contributed by atoms with Gasteiger partial charge in [-0.25, -0.2) is 0 Å². The first-order valence-electron chi connectivity index (χ1n) is 4.23. The minimum absolute atomic E-state index is 0.271. The molecule has 2 nitrogen and oxygen atoms in total. The van der Waals surface area contributed by atoms with Gasteiger partial charge in [0.05, 0.1) is 12.7 Å². The van der Waals surface area contributed by atoms with Crippen molar-refractivity contribution in [2.75, 3.05) is 13.2 Å². The van der Waals surface area contributed by atoms with Crippen LogP contribution in [0.1, 0.15) is 18.6 Å². The number of hydrogen-bond acceptors (Lipinski definition) is 3. The van der Waals surface area contributed by atoms with E-state index in [-0.39, 0.29) is 6.10 Å². The molecule has 0 bridgehead atoms. The molecule has 2 atom stereocenters. The molecule has 1 aliphatic heterocycles. The Morgan fingerprint density at radius 2 is 2.58 bits per heavy atom. The minimum atomic E-state index is 0.271. The molecular weight excluding hydrogens is 170 g/mol. The van der Waals surface area contributed by atoms with Gasteiger partial charge in [0.25, 0.3) is 0 Å². The fourth-order valence-corrected chi connectivity index (χ4v) is 2.06. The minimum Gasteiger partial charge on any atom is -0.371 e. The van der Waals surface area contributed by atoms with Gasteiger partial charge in [0.1, 0.15) is 0 Å². The van der Waals surface area contributed by atoms with Gasteiger partial charge < -0.3 is 10.1 Å². The quantitative estimate of drug-likeness (QED) is 0.717. The largest absolute Gasteiger partial charge is 0.371 e. The first-order chi connectivity index (χ1) is 5.86. The molecule has 1 N–H and O–H groups in total. The Morgan fingerprint density at radius 1 is 1.67 bits per heavy atom. The Morgan fingerprint density at radius 3 is 3.17 bits per heavy atom. The Kier molecular flexibility index (Phi) is 2.44. The topological polar surface area (TPSA) is 21.3 Å². The van der Waals surface area contributed by atoms with E-state index in [4.69, 9.17) is 4.74 Å². The third kappa shape index (κ3) is 1.68. The maximum absolute atomic E-state index is 5.68. The molecule has 0 saturated carbocycles. The van der Waals surface area contributed by atoms with E-state index >= 15 is 0 Å². The summed E-state index contributed by atoms with van der Waals surface area (Å²) in [4.78, 5) is 0. The van der Waals surface area contributed by atoms with Crippen LogP contribution >= 0.6 is 11.3 Å². The van der Waals surface area contributed by atoms with Crippen molar-refractivity contribution in [2.45, 2.75) is 19.1 Å². The fraction of sp³-hybridized carbons (Fsp3) is 0.556. The van der Waals surface area contributed by atoms with E-state index in [0.717, 1.165) is 13.2 Å². The number of ether oxygens (including phenoxy) is 1. The van der Waals surface area contributed by atoms with Crippen molar-refractivity contribution in [2.24, 2.45) is 0 Å². The van der Waals surface area contributed by atoms with Crippen LogP contribution < -0.4 is 5.32 Å². The lowest BCUT2D eigenvalue weighted by molar-refractivity contribution is 0.00719. The highest BCUT2D eigenvalue weighted by Gasteiger charge is 2.19. The number of morpholine rings is 1. The summed E-state index contributed by atoms with van der Waals surface area (Å²) in [5.74, 6) is 0. The van der Waals surface area contributed by atoms with Gasteiger partial charge in [-0.3, -0.25) is 0 Å². The molecule has 2 rings (SSSR count). The maximum Gasteiger partial charge on any atom is 0.0958 e. The lowest BCUT2D eigenvalue weighted by Crippen LogP contribution is -2.40. The van der Waals surface area contributed by atoms with Crippen molar-refractivity contribution in [3.8, 4) is 0 Å². The summed E-state index contributed by atoms with van der Waals surface area (Å²) in [7, 11) is 0. The molecule has 2 unspecified atom stereocenters. The average Bonchev–Trinajstić information content (AvgIpc) is 2.58. The van der Waals surface area contributed by atoms with Gasteiger partial charge in [-0.1, -0.05) is 0 Å². The predicted octanol–water partition coefficient (Wildman–Crippen LogP) is 1.80. The third-order valence-electron chi connectivity index (χ3n) is 2.11. The lowest BCUT2D eigenvalue weighted by Gasteiger charge is -2.27. The summed E-state index contributed by atoms with van der Waals surface area (Å²) in [5.41, 5.74) is 1.31. The van der Waals surface area contributed by atoms with Crippen molar-refractivity contribution in [3.05, 3.63) is 22.4 Å². The van der Waals surface area contributed by atoms with Crippen LogP contribution in [0.4, 0.5) is 0 Å². The second kappa shape index (κ2) is 3.56. The lowest BCUT2D eigenvalue weighted by atomic mass is 10.1. The predicted molar refractivity (Wildman–Crippen MR) is 50.5 cm³/mol. The van der Waals surface area contributed by atoms with E-state index in [1.807, 2.05) is 0 Å². The standard InChI is InChI=1S/C9H13NOS/c1-7-5-11-9(4-10-7)8-2-3-12-6-8/h2-3,6-7,9-10H,4-5H2,1H3. The Hall–Kier alpha value is -0.380. The van der Waals surface area contributed by atoms with Crippen LogP contribution in [0.25, 0.3) is 0 Å². The van der Waals surface area contributed by atoms with Crippen LogP contribution in [-0.2, 0) is 4.74 Å². The Labute approximate surface area is 76.6 Å². The van der Waals surface area contributed by atoms with Gasteiger partial charge in [0, 0.05) is 12.6 Å². The number of thiophene rings is 1. The molecule has 0 aromatic carbocycles. The molecule has 1 aliphatic rings. The number of nitrogens with one attached hydrogen (secondary N) is 1. The van der Waals surface area contributed by atoms with E-state index in [2.05, 4.69) is 29.1 Å².